The molecule has 0 aromatic carbocycles. The van der Waals surface area contributed by atoms with Crippen LogP contribution >= 0.6 is 0 Å². The summed E-state index contributed by atoms with van der Waals surface area (Å²) >= 11 is 0. The van der Waals surface area contributed by atoms with Crippen molar-refractivity contribution in [3.63, 3.8) is 0 Å². The molecule has 32 heavy (non-hydrogen) atoms. The number of amides is 1. The van der Waals surface area contributed by atoms with E-state index in [0.29, 0.717) is 16.9 Å². The van der Waals surface area contributed by atoms with E-state index in [0.717, 1.165) is 11.1 Å². The third-order valence-electron chi connectivity index (χ3n) is 5.09. The minimum Gasteiger partial charge on any atom is -0.338 e. The van der Waals surface area contributed by atoms with Crippen LogP contribution < -0.4 is 17.1 Å². The number of piperidine rings is 1. The second-order valence-electron chi connectivity index (χ2n) is 6.99. The molecule has 11 heteroatoms. The SMILES string of the molecule is CC.N/N=C(\NN)c1ccc(-n2ccc3cc(C(=O)N4CCC(F)(F)CC4)cnc32)cn1. The van der Waals surface area contributed by atoms with Gasteiger partial charge in [0, 0.05) is 43.7 Å². The highest BCUT2D eigenvalue weighted by Crippen LogP contribution is 2.28. The van der Waals surface area contributed by atoms with Crippen molar-refractivity contribution in [3.8, 4) is 5.69 Å². The van der Waals surface area contributed by atoms with Crippen molar-refractivity contribution < 1.29 is 13.6 Å². The number of rotatable bonds is 3. The van der Waals surface area contributed by atoms with Crippen LogP contribution in [0.15, 0.2) is 48.0 Å². The van der Waals surface area contributed by atoms with E-state index in [9.17, 15) is 13.6 Å². The molecule has 1 amide bonds. The molecule has 5 N–H and O–H groups in total. The average molecular weight is 444 g/mol. The number of nitrogens with two attached hydrogens (primary N) is 2. The largest absolute Gasteiger partial charge is 0.338 e. The van der Waals surface area contributed by atoms with Crippen LogP contribution in [0.25, 0.3) is 16.7 Å². The quantitative estimate of drug-likeness (QED) is 0.246. The maximum absolute atomic E-state index is 13.3. The van der Waals surface area contributed by atoms with Gasteiger partial charge in [0.25, 0.3) is 11.8 Å². The number of nitrogens with one attached hydrogen (secondary N) is 1. The molecule has 0 radical (unpaired) electrons. The van der Waals surface area contributed by atoms with Crippen molar-refractivity contribution in [1.29, 1.82) is 0 Å². The number of fused-ring (bicyclic) bond motifs is 1. The molecule has 0 saturated carbocycles. The fraction of sp³-hybridized carbons (Fsp3) is 0.333. The number of alkyl halides is 2. The van der Waals surface area contributed by atoms with Crippen LogP contribution in [0.1, 0.15) is 42.7 Å². The molecule has 3 aromatic heterocycles. The van der Waals surface area contributed by atoms with Crippen molar-refractivity contribution >= 4 is 22.8 Å². The average Bonchev–Trinajstić information content (AvgIpc) is 3.24. The molecule has 0 spiro atoms. The van der Waals surface area contributed by atoms with E-state index < -0.39 is 5.92 Å². The molecule has 1 fully saturated rings. The van der Waals surface area contributed by atoms with Crippen LogP contribution in [0.2, 0.25) is 0 Å². The van der Waals surface area contributed by atoms with E-state index in [1.54, 1.807) is 24.4 Å². The third-order valence-corrected chi connectivity index (χ3v) is 5.09. The van der Waals surface area contributed by atoms with Crippen LogP contribution in [0.4, 0.5) is 8.78 Å². The van der Waals surface area contributed by atoms with Gasteiger partial charge in [-0.2, -0.15) is 5.10 Å². The number of likely N-dealkylation sites (tertiary alicyclic amines) is 1. The number of hydrogen-bond donors (Lipinski definition) is 3. The number of hydrazine groups is 1. The van der Waals surface area contributed by atoms with E-state index in [1.165, 1.54) is 11.1 Å². The van der Waals surface area contributed by atoms with Crippen LogP contribution in [0.5, 0.6) is 0 Å². The van der Waals surface area contributed by atoms with Crippen molar-refractivity contribution in [1.82, 2.24) is 24.9 Å². The van der Waals surface area contributed by atoms with E-state index >= 15 is 0 Å². The Hall–Kier alpha value is -3.60. The van der Waals surface area contributed by atoms with Crippen LogP contribution in [-0.2, 0) is 0 Å². The summed E-state index contributed by atoms with van der Waals surface area (Å²) in [6.07, 6.45) is 4.26. The molecule has 0 bridgehead atoms. The number of carbonyl (C=O) groups excluding carboxylic acids is 1. The molecule has 0 unspecified atom stereocenters. The Kier molecular flexibility index (Phi) is 6.98. The van der Waals surface area contributed by atoms with E-state index in [4.69, 9.17) is 11.7 Å². The number of carbonyl (C=O) groups is 1. The summed E-state index contributed by atoms with van der Waals surface area (Å²) in [6, 6.07) is 7.05. The highest BCUT2D eigenvalue weighted by molar-refractivity contribution is 5.97. The lowest BCUT2D eigenvalue weighted by atomic mass is 10.1. The standard InChI is InChI=1S/C19H20F2N8O.C2H6/c20-19(21)4-7-28(8-5-19)18(30)13-9-12-3-6-29(17(12)25-10-13)14-1-2-15(24-11-14)16(26-22)27-23;1-2/h1-3,6,9-11H,4-5,7-8,22-23H2,(H,26,27);1-2H3. The molecule has 0 atom stereocenters. The summed E-state index contributed by atoms with van der Waals surface area (Å²) in [4.78, 5) is 22.8. The lowest BCUT2D eigenvalue weighted by Crippen LogP contribution is -2.42. The first-order chi connectivity index (χ1) is 15.4. The molecule has 4 rings (SSSR count). The predicted molar refractivity (Wildman–Crippen MR) is 118 cm³/mol. The van der Waals surface area contributed by atoms with E-state index in [1.807, 2.05) is 30.7 Å². The first-order valence-corrected chi connectivity index (χ1v) is 10.3. The van der Waals surface area contributed by atoms with Crippen LogP contribution in [0.3, 0.4) is 0 Å². The van der Waals surface area contributed by atoms with Crippen LogP contribution in [0, 0.1) is 0 Å². The topological polar surface area (TPSA) is 127 Å². The number of aromatic nitrogens is 3. The van der Waals surface area contributed by atoms with Crippen molar-refractivity contribution in [3.05, 3.63) is 54.1 Å². The maximum atomic E-state index is 13.3. The van der Waals surface area contributed by atoms with Crippen molar-refractivity contribution in [2.45, 2.75) is 32.6 Å². The predicted octanol–water partition coefficient (Wildman–Crippen LogP) is 2.40. The molecule has 0 aliphatic carbocycles. The molecule has 1 aliphatic heterocycles. The fourth-order valence-corrected chi connectivity index (χ4v) is 3.41. The summed E-state index contributed by atoms with van der Waals surface area (Å²) in [7, 11) is 0. The molecule has 4 heterocycles. The second kappa shape index (κ2) is 9.69. The minimum absolute atomic E-state index is 0.0364. The summed E-state index contributed by atoms with van der Waals surface area (Å²) in [5, 5.41) is 4.26. The Balaban J connectivity index is 0.00000141. The first-order valence-electron chi connectivity index (χ1n) is 10.3. The molecule has 3 aromatic rings. The van der Waals surface area contributed by atoms with Crippen LogP contribution in [-0.4, -0.2) is 50.2 Å². The van der Waals surface area contributed by atoms with Gasteiger partial charge in [-0.1, -0.05) is 13.8 Å². The van der Waals surface area contributed by atoms with Gasteiger partial charge in [-0.05, 0) is 24.3 Å². The van der Waals surface area contributed by atoms with E-state index in [2.05, 4.69) is 20.5 Å². The Morgan fingerprint density at radius 1 is 1.16 bits per heavy atom. The first kappa shape index (κ1) is 23.1. The lowest BCUT2D eigenvalue weighted by Gasteiger charge is -2.31. The summed E-state index contributed by atoms with van der Waals surface area (Å²) in [5.74, 6) is 7.85. The number of pyridine rings is 2. The van der Waals surface area contributed by atoms with E-state index in [-0.39, 0.29) is 37.7 Å². The summed E-state index contributed by atoms with van der Waals surface area (Å²) < 4.78 is 28.5. The zero-order chi connectivity index (χ0) is 23.3. The molecule has 1 saturated heterocycles. The number of hydrogen-bond acceptors (Lipinski definition) is 6. The lowest BCUT2D eigenvalue weighted by molar-refractivity contribution is -0.0494. The fourth-order valence-electron chi connectivity index (χ4n) is 3.41. The van der Waals surface area contributed by atoms with Gasteiger partial charge < -0.3 is 16.2 Å². The van der Waals surface area contributed by atoms with Gasteiger partial charge in [0.15, 0.2) is 5.84 Å². The third kappa shape index (κ3) is 4.67. The molecule has 1 aliphatic rings. The second-order valence-corrected chi connectivity index (χ2v) is 6.99. The Morgan fingerprint density at radius 2 is 1.88 bits per heavy atom. The van der Waals surface area contributed by atoms with Gasteiger partial charge in [-0.25, -0.2) is 19.6 Å². The molecular weight excluding hydrogens is 418 g/mol. The van der Waals surface area contributed by atoms with Gasteiger partial charge in [-0.15, -0.1) is 0 Å². The Morgan fingerprint density at radius 3 is 2.47 bits per heavy atom. The zero-order valence-electron chi connectivity index (χ0n) is 17.9. The van der Waals surface area contributed by atoms with Gasteiger partial charge in [0.1, 0.15) is 11.3 Å². The normalized spacial score (nSPS) is 15.8. The number of amidine groups is 1. The molecular formula is C21H26F2N8O. The summed E-state index contributed by atoms with van der Waals surface area (Å²) in [6.45, 7) is 4.07. The minimum atomic E-state index is -2.70. The highest BCUT2D eigenvalue weighted by atomic mass is 19.3. The Labute approximate surface area is 184 Å². The maximum Gasteiger partial charge on any atom is 0.255 e. The smallest absolute Gasteiger partial charge is 0.255 e. The van der Waals surface area contributed by atoms with Crippen molar-refractivity contribution in [2.24, 2.45) is 16.8 Å². The zero-order valence-corrected chi connectivity index (χ0v) is 17.9. The van der Waals surface area contributed by atoms with Crippen molar-refractivity contribution in [2.75, 3.05) is 13.1 Å². The summed E-state index contributed by atoms with van der Waals surface area (Å²) in [5.41, 5.74) is 4.60. The van der Waals surface area contributed by atoms with Gasteiger partial charge in [0.05, 0.1) is 17.4 Å². The molecule has 9 nitrogen and oxygen atoms in total. The van der Waals surface area contributed by atoms with Gasteiger partial charge in [0.2, 0.25) is 0 Å². The Bertz CT molecular complexity index is 1100. The van der Waals surface area contributed by atoms with Gasteiger partial charge >= 0.3 is 0 Å². The number of halogens is 2. The monoisotopic (exact) mass is 444 g/mol. The number of hydrazone groups is 1. The van der Waals surface area contributed by atoms with Gasteiger partial charge in [-0.3, -0.25) is 14.3 Å². The highest BCUT2D eigenvalue weighted by Gasteiger charge is 2.35. The number of nitrogens with zero attached hydrogens (tertiary/aromatic N) is 5. The molecule has 170 valence electrons.